The Balaban J connectivity index is 2.21. The van der Waals surface area contributed by atoms with Crippen LogP contribution in [-0.2, 0) is 22.6 Å². The molecule has 0 saturated heterocycles. The van der Waals surface area contributed by atoms with Crippen molar-refractivity contribution >= 4 is 23.3 Å². The number of hydrogen-bond donors (Lipinski definition) is 3. The average Bonchev–Trinajstić information content (AvgIpc) is 2.63. The number of aliphatic carboxylic acids is 2. The van der Waals surface area contributed by atoms with Gasteiger partial charge in [0.15, 0.2) is 0 Å². The van der Waals surface area contributed by atoms with Gasteiger partial charge in [-0.15, -0.1) is 11.3 Å². The molecular weight excluding hydrogens is 242 g/mol. The number of thiophene rings is 1. The number of carboxylic acids is 2. The number of hydrogen-bond acceptors (Lipinski definition) is 4. The van der Waals surface area contributed by atoms with E-state index in [4.69, 9.17) is 10.2 Å². The monoisotopic (exact) mass is 257 g/mol. The quantitative estimate of drug-likeness (QED) is 0.612. The topological polar surface area (TPSA) is 86.6 Å². The van der Waals surface area contributed by atoms with E-state index in [1.54, 1.807) is 0 Å². The molecule has 6 heteroatoms. The maximum atomic E-state index is 10.5. The van der Waals surface area contributed by atoms with Crippen molar-refractivity contribution in [2.24, 2.45) is 0 Å². The number of carboxylic acid groups (broad SMARTS) is 2. The van der Waals surface area contributed by atoms with Crippen molar-refractivity contribution in [3.63, 3.8) is 0 Å². The highest BCUT2D eigenvalue weighted by Gasteiger charge is 2.04. The Kier molecular flexibility index (Phi) is 5.65. The first-order chi connectivity index (χ1) is 8.08. The largest absolute Gasteiger partial charge is 0.481 e. The van der Waals surface area contributed by atoms with Gasteiger partial charge in [0.2, 0.25) is 0 Å². The molecule has 0 aliphatic carbocycles. The SMILES string of the molecule is O=C(O)CCCNCc1ccc(CC(=O)O)s1. The summed E-state index contributed by atoms with van der Waals surface area (Å²) in [5.41, 5.74) is 0. The highest BCUT2D eigenvalue weighted by Crippen LogP contribution is 2.16. The highest BCUT2D eigenvalue weighted by molar-refractivity contribution is 7.12. The molecule has 0 aliphatic heterocycles. The van der Waals surface area contributed by atoms with Gasteiger partial charge < -0.3 is 15.5 Å². The zero-order chi connectivity index (χ0) is 12.7. The standard InChI is InChI=1S/C11H15NO4S/c13-10(14)2-1-5-12-7-9-4-3-8(17-9)6-11(15)16/h3-4,12H,1-2,5-7H2,(H,13,14)(H,15,16). The molecular formula is C11H15NO4S. The fourth-order valence-corrected chi connectivity index (χ4v) is 2.32. The summed E-state index contributed by atoms with van der Waals surface area (Å²) in [6.07, 6.45) is 0.827. The van der Waals surface area contributed by atoms with Gasteiger partial charge in [-0.05, 0) is 25.1 Å². The molecule has 5 nitrogen and oxygen atoms in total. The van der Waals surface area contributed by atoms with Crippen molar-refractivity contribution in [1.82, 2.24) is 5.32 Å². The van der Waals surface area contributed by atoms with Crippen LogP contribution in [0.2, 0.25) is 0 Å². The third-order valence-electron chi connectivity index (χ3n) is 2.09. The molecule has 0 saturated carbocycles. The number of carbonyl (C=O) groups is 2. The Bertz CT molecular complexity index is 389. The second-order valence-electron chi connectivity index (χ2n) is 3.61. The van der Waals surface area contributed by atoms with E-state index in [-0.39, 0.29) is 12.8 Å². The molecule has 0 fully saturated rings. The first-order valence-corrected chi connectivity index (χ1v) is 6.11. The molecule has 0 amide bonds. The molecule has 0 aliphatic rings. The minimum absolute atomic E-state index is 0.0592. The fourth-order valence-electron chi connectivity index (χ4n) is 1.34. The van der Waals surface area contributed by atoms with E-state index < -0.39 is 11.9 Å². The lowest BCUT2D eigenvalue weighted by atomic mass is 10.3. The Morgan fingerprint density at radius 2 is 1.88 bits per heavy atom. The molecule has 0 atom stereocenters. The number of nitrogens with one attached hydrogen (secondary N) is 1. The molecule has 1 rings (SSSR count). The first-order valence-electron chi connectivity index (χ1n) is 5.30. The van der Waals surface area contributed by atoms with Gasteiger partial charge >= 0.3 is 11.9 Å². The number of rotatable bonds is 8. The van der Waals surface area contributed by atoms with Crippen LogP contribution in [0, 0.1) is 0 Å². The molecule has 0 spiro atoms. The van der Waals surface area contributed by atoms with Gasteiger partial charge in [0.05, 0.1) is 6.42 Å². The van der Waals surface area contributed by atoms with Crippen LogP contribution in [-0.4, -0.2) is 28.7 Å². The summed E-state index contributed by atoms with van der Waals surface area (Å²) in [6, 6.07) is 3.71. The molecule has 17 heavy (non-hydrogen) atoms. The van der Waals surface area contributed by atoms with Crippen LogP contribution in [0.25, 0.3) is 0 Å². The van der Waals surface area contributed by atoms with Crippen LogP contribution in [0.3, 0.4) is 0 Å². The molecule has 3 N–H and O–H groups in total. The third-order valence-corrected chi connectivity index (χ3v) is 3.17. The smallest absolute Gasteiger partial charge is 0.308 e. The van der Waals surface area contributed by atoms with Crippen LogP contribution in [0.1, 0.15) is 22.6 Å². The third kappa shape index (κ3) is 6.03. The lowest BCUT2D eigenvalue weighted by molar-refractivity contribution is -0.137. The van der Waals surface area contributed by atoms with Gasteiger partial charge in [0.1, 0.15) is 0 Å². The average molecular weight is 257 g/mol. The van der Waals surface area contributed by atoms with Crippen molar-refractivity contribution in [1.29, 1.82) is 0 Å². The van der Waals surface area contributed by atoms with Crippen LogP contribution < -0.4 is 5.32 Å². The van der Waals surface area contributed by atoms with Crippen LogP contribution in [0.5, 0.6) is 0 Å². The summed E-state index contributed by atoms with van der Waals surface area (Å²) < 4.78 is 0. The molecule has 1 aromatic rings. The van der Waals surface area contributed by atoms with E-state index in [1.165, 1.54) is 11.3 Å². The van der Waals surface area contributed by atoms with Gasteiger partial charge in [0.25, 0.3) is 0 Å². The fraction of sp³-hybridized carbons (Fsp3) is 0.455. The lowest BCUT2D eigenvalue weighted by Gasteiger charge is -2.00. The maximum absolute atomic E-state index is 10.5. The minimum Gasteiger partial charge on any atom is -0.481 e. The zero-order valence-corrected chi connectivity index (χ0v) is 10.1. The molecule has 0 aromatic carbocycles. The Morgan fingerprint density at radius 1 is 1.18 bits per heavy atom. The Labute approximate surface area is 103 Å². The zero-order valence-electron chi connectivity index (χ0n) is 9.31. The van der Waals surface area contributed by atoms with Crippen LogP contribution in [0.15, 0.2) is 12.1 Å². The summed E-state index contributed by atoms with van der Waals surface area (Å²) in [5.74, 6) is -1.61. The Morgan fingerprint density at radius 3 is 2.53 bits per heavy atom. The molecule has 1 heterocycles. The summed E-state index contributed by atoms with van der Waals surface area (Å²) in [5, 5.41) is 20.2. The van der Waals surface area contributed by atoms with E-state index in [2.05, 4.69) is 5.32 Å². The maximum Gasteiger partial charge on any atom is 0.308 e. The summed E-state index contributed by atoms with van der Waals surface area (Å²) in [7, 11) is 0. The van der Waals surface area contributed by atoms with Crippen molar-refractivity contribution in [3.05, 3.63) is 21.9 Å². The Hall–Kier alpha value is -1.40. The van der Waals surface area contributed by atoms with E-state index in [0.29, 0.717) is 19.5 Å². The normalized spacial score (nSPS) is 10.4. The van der Waals surface area contributed by atoms with Crippen LogP contribution >= 0.6 is 11.3 Å². The van der Waals surface area contributed by atoms with Gasteiger partial charge in [-0.2, -0.15) is 0 Å². The van der Waals surface area contributed by atoms with Crippen molar-refractivity contribution < 1.29 is 19.8 Å². The molecule has 94 valence electrons. The predicted molar refractivity (Wildman–Crippen MR) is 64.2 cm³/mol. The second kappa shape index (κ2) is 7.03. The minimum atomic E-state index is -0.826. The van der Waals surface area contributed by atoms with E-state index in [1.807, 2.05) is 12.1 Å². The van der Waals surface area contributed by atoms with Crippen LogP contribution in [0.4, 0.5) is 0 Å². The predicted octanol–water partition coefficient (Wildman–Crippen LogP) is 1.33. The van der Waals surface area contributed by atoms with E-state index in [0.717, 1.165) is 9.75 Å². The van der Waals surface area contributed by atoms with E-state index >= 15 is 0 Å². The first kappa shape index (κ1) is 13.7. The van der Waals surface area contributed by atoms with E-state index in [9.17, 15) is 9.59 Å². The molecule has 0 unspecified atom stereocenters. The highest BCUT2D eigenvalue weighted by atomic mass is 32.1. The molecule has 1 aromatic heterocycles. The van der Waals surface area contributed by atoms with Gasteiger partial charge in [-0.1, -0.05) is 0 Å². The molecule has 0 radical (unpaired) electrons. The molecule has 0 bridgehead atoms. The van der Waals surface area contributed by atoms with Crippen molar-refractivity contribution in [2.75, 3.05) is 6.54 Å². The van der Waals surface area contributed by atoms with Crippen molar-refractivity contribution in [2.45, 2.75) is 25.8 Å². The second-order valence-corrected chi connectivity index (χ2v) is 4.87. The summed E-state index contributed by atoms with van der Waals surface area (Å²) >= 11 is 1.47. The summed E-state index contributed by atoms with van der Waals surface area (Å²) in [6.45, 7) is 1.31. The lowest BCUT2D eigenvalue weighted by Crippen LogP contribution is -2.14. The summed E-state index contributed by atoms with van der Waals surface area (Å²) in [4.78, 5) is 22.6. The van der Waals surface area contributed by atoms with Gasteiger partial charge in [-0.25, -0.2) is 0 Å². The van der Waals surface area contributed by atoms with Gasteiger partial charge in [-0.3, -0.25) is 9.59 Å². The van der Waals surface area contributed by atoms with Gasteiger partial charge in [0, 0.05) is 22.7 Å². The van der Waals surface area contributed by atoms with Crippen molar-refractivity contribution in [3.8, 4) is 0 Å².